The minimum atomic E-state index is -2.65. The molecule has 79 heavy (non-hydrogen) atoms. The van der Waals surface area contributed by atoms with Crippen LogP contribution < -0.4 is 4.74 Å². The summed E-state index contributed by atoms with van der Waals surface area (Å²) in [6, 6.07) is 2.85. The number of fused-ring (bicyclic) bond motifs is 9. The number of aromatic carboxylic acids is 1. The smallest absolute Gasteiger partial charge is 0.340 e. The van der Waals surface area contributed by atoms with Crippen molar-refractivity contribution in [1.29, 1.82) is 0 Å². The zero-order valence-electron chi connectivity index (χ0n) is 38.5. The largest absolute Gasteiger partial charge is 0.504 e. The van der Waals surface area contributed by atoms with Crippen LogP contribution in [0.2, 0.25) is 0 Å². The van der Waals surface area contributed by atoms with E-state index in [0.717, 1.165) is 0 Å². The first-order valence-corrected chi connectivity index (χ1v) is 21.7. The van der Waals surface area contributed by atoms with Gasteiger partial charge in [-0.3, -0.25) is 0 Å². The van der Waals surface area contributed by atoms with Gasteiger partial charge in [0.1, 0.15) is 18.3 Å². The number of cyclic esters (lactones) is 1. The second kappa shape index (κ2) is 18.7. The zero-order chi connectivity index (χ0) is 57.7. The number of benzene rings is 6. The summed E-state index contributed by atoms with van der Waals surface area (Å²) in [5.41, 5.74) is -11.5. The Morgan fingerprint density at radius 1 is 0.430 bits per heavy atom. The van der Waals surface area contributed by atoms with Gasteiger partial charge in [-0.1, -0.05) is 0 Å². The van der Waals surface area contributed by atoms with Gasteiger partial charge in [0.15, 0.2) is 87.0 Å². The molecule has 0 unspecified atom stereocenters. The standard InChI is InChI=1S/C48H32O31/c49-15-1-9(2-16(50)27(15)55)43(68)79-48-41-40(77-46(71)11-4-18(52)28(56)33(61)23(11)24-12(47(72)78-41)5-19(53)29(57)34(24)62)39-22(75-48)8-73-44(69)13-7-21(74-38-14(42(66)67)6-20(54)31(59)37(38)65)32(60)36(64)26(13)25-10(45(70)76-39)3-17(51)30(58)35(25)63/h1-7,22,39-41,48-65H,8H2,(H,66,67)/t22-,39-,40+,41-,48-/m1/s1. The first-order valence-electron chi connectivity index (χ1n) is 21.7. The van der Waals surface area contributed by atoms with Crippen LogP contribution in [0, 0.1) is 0 Å². The number of phenolic OH excluding ortho intramolecular Hbond substituents is 17. The maximum absolute atomic E-state index is 14.8. The number of esters is 5. The van der Waals surface area contributed by atoms with Gasteiger partial charge in [0.05, 0.1) is 27.8 Å². The van der Waals surface area contributed by atoms with E-state index in [4.69, 9.17) is 33.2 Å². The number of rotatable bonds is 5. The molecule has 18 N–H and O–H groups in total. The van der Waals surface area contributed by atoms with Gasteiger partial charge in [-0.15, -0.1) is 0 Å². The van der Waals surface area contributed by atoms with Crippen LogP contribution in [0.5, 0.6) is 109 Å². The van der Waals surface area contributed by atoms with E-state index in [0.29, 0.717) is 42.5 Å². The average molecular weight is 1100 g/mol. The lowest BCUT2D eigenvalue weighted by molar-refractivity contribution is -0.282. The quantitative estimate of drug-likeness (QED) is 0.0670. The van der Waals surface area contributed by atoms with E-state index in [2.05, 4.69) is 0 Å². The molecule has 6 aromatic carbocycles. The van der Waals surface area contributed by atoms with Crippen molar-refractivity contribution in [3.05, 3.63) is 75.8 Å². The summed E-state index contributed by atoms with van der Waals surface area (Å²) in [6.07, 6.45) is -12.8. The highest BCUT2D eigenvalue weighted by molar-refractivity contribution is 6.10. The number of carboxylic acids is 1. The first-order chi connectivity index (χ1) is 37.1. The summed E-state index contributed by atoms with van der Waals surface area (Å²) < 4.78 is 39.3. The third kappa shape index (κ3) is 8.40. The van der Waals surface area contributed by atoms with Crippen LogP contribution in [0.3, 0.4) is 0 Å². The van der Waals surface area contributed by atoms with Gasteiger partial charge in [-0.05, 0) is 30.3 Å². The van der Waals surface area contributed by atoms with Crippen LogP contribution in [0.15, 0.2) is 42.5 Å². The number of carbonyl (C=O) groups excluding carboxylic acids is 5. The third-order valence-electron chi connectivity index (χ3n) is 12.3. The number of aromatic hydroxyl groups is 17. The molecule has 0 spiro atoms. The molecule has 31 nitrogen and oxygen atoms in total. The number of carbonyl (C=O) groups is 6. The Labute approximate surface area is 433 Å². The number of ether oxygens (including phenoxy) is 7. The SMILES string of the molecule is O=C(O[C@H]1O[C@@H]2COC(=O)c3cc(Oc4c(C(=O)O)cc(O)c(O)c4O)c(O)c(O)c3-c3c(cc(O)c(O)c3O)C(=O)O[C@H]2[C@@H]2OC(=O)c3cc(O)c(O)c(O)c3-c3c(cc(O)c(O)c3O)C(=O)O[C@@H]12)c1cc(O)c(O)c(O)c1. The first kappa shape index (κ1) is 52.4. The fraction of sp³-hybridized carbons (Fsp3) is 0.125. The van der Waals surface area contributed by atoms with E-state index >= 15 is 0 Å². The Hall–Kier alpha value is -11.5. The van der Waals surface area contributed by atoms with E-state index in [1.807, 2.05) is 0 Å². The monoisotopic (exact) mass is 1100 g/mol. The van der Waals surface area contributed by atoms with Gasteiger partial charge in [0, 0.05) is 34.4 Å². The molecule has 410 valence electrons. The molecule has 0 amide bonds. The maximum Gasteiger partial charge on any atom is 0.340 e. The Morgan fingerprint density at radius 3 is 1.29 bits per heavy atom. The molecule has 0 aliphatic carbocycles. The van der Waals surface area contributed by atoms with Crippen molar-refractivity contribution >= 4 is 35.8 Å². The van der Waals surface area contributed by atoms with E-state index in [-0.39, 0.29) is 0 Å². The van der Waals surface area contributed by atoms with Crippen LogP contribution in [0.4, 0.5) is 0 Å². The molecule has 6 aromatic rings. The van der Waals surface area contributed by atoms with Crippen molar-refractivity contribution in [1.82, 2.24) is 0 Å². The van der Waals surface area contributed by atoms with E-state index < -0.39 is 238 Å². The topological polar surface area (TPSA) is 531 Å². The molecule has 0 saturated carbocycles. The Kier molecular flexibility index (Phi) is 12.4. The van der Waals surface area contributed by atoms with Crippen molar-refractivity contribution in [3.63, 3.8) is 0 Å². The summed E-state index contributed by atoms with van der Waals surface area (Å²) in [7, 11) is 0. The van der Waals surface area contributed by atoms with Crippen molar-refractivity contribution in [2.24, 2.45) is 0 Å². The van der Waals surface area contributed by atoms with Gasteiger partial charge >= 0.3 is 35.8 Å². The lowest BCUT2D eigenvalue weighted by Gasteiger charge is -2.44. The van der Waals surface area contributed by atoms with E-state index in [1.54, 1.807) is 0 Å². The summed E-state index contributed by atoms with van der Waals surface area (Å²) in [6.45, 7) is -1.41. The van der Waals surface area contributed by atoms with Crippen molar-refractivity contribution in [2.75, 3.05) is 6.61 Å². The highest BCUT2D eigenvalue weighted by atomic mass is 16.7. The molecule has 3 heterocycles. The van der Waals surface area contributed by atoms with E-state index in [9.17, 15) is 121 Å². The molecular weight excluding hydrogens is 1070 g/mol. The lowest BCUT2D eigenvalue weighted by atomic mass is 9.91. The Bertz CT molecular complexity index is 3710. The molecule has 1 fully saturated rings. The fourth-order valence-electron chi connectivity index (χ4n) is 8.50. The summed E-state index contributed by atoms with van der Waals surface area (Å²) in [5.74, 6) is -37.3. The number of phenols is 17. The Balaban J connectivity index is 1.26. The van der Waals surface area contributed by atoms with Crippen molar-refractivity contribution in [2.45, 2.75) is 30.7 Å². The van der Waals surface area contributed by atoms with E-state index in [1.165, 1.54) is 0 Å². The highest BCUT2D eigenvalue weighted by Gasteiger charge is 2.56. The molecule has 3 aliphatic rings. The van der Waals surface area contributed by atoms with Crippen LogP contribution in [0.25, 0.3) is 22.3 Å². The molecule has 9 rings (SSSR count). The number of hydrogen-bond donors (Lipinski definition) is 18. The molecule has 5 atom stereocenters. The fourth-order valence-corrected chi connectivity index (χ4v) is 8.50. The minimum Gasteiger partial charge on any atom is -0.504 e. The van der Waals surface area contributed by atoms with Crippen LogP contribution in [-0.4, -0.2) is 165 Å². The van der Waals surface area contributed by atoms with Gasteiger partial charge in [0.25, 0.3) is 0 Å². The lowest BCUT2D eigenvalue weighted by Crippen LogP contribution is -2.63. The van der Waals surface area contributed by atoms with Crippen molar-refractivity contribution < 1.29 is 154 Å². The molecule has 0 aromatic heterocycles. The molecule has 0 radical (unpaired) electrons. The molecule has 3 aliphatic heterocycles. The highest BCUT2D eigenvalue weighted by Crippen LogP contribution is 2.57. The van der Waals surface area contributed by atoms with Gasteiger partial charge in [0.2, 0.25) is 46.9 Å². The van der Waals surface area contributed by atoms with Gasteiger partial charge < -0.3 is 125 Å². The molecule has 1 saturated heterocycles. The van der Waals surface area contributed by atoms with Gasteiger partial charge in [-0.2, -0.15) is 0 Å². The predicted molar refractivity (Wildman–Crippen MR) is 244 cm³/mol. The molecule has 0 bridgehead atoms. The minimum absolute atomic E-state index is 0.319. The summed E-state index contributed by atoms with van der Waals surface area (Å²) >= 11 is 0. The number of carboxylic acid groups (broad SMARTS) is 1. The summed E-state index contributed by atoms with van der Waals surface area (Å²) in [4.78, 5) is 84.3. The van der Waals surface area contributed by atoms with Crippen molar-refractivity contribution in [3.8, 4) is 131 Å². The average Bonchev–Trinajstić information content (AvgIpc) is 3.59. The van der Waals surface area contributed by atoms with Crippen LogP contribution in [-0.2, 0) is 28.4 Å². The number of hydrogen-bond acceptors (Lipinski definition) is 30. The van der Waals surface area contributed by atoms with Crippen LogP contribution in [0.1, 0.15) is 62.1 Å². The molecular formula is C48H32O31. The Morgan fingerprint density at radius 2 is 0.823 bits per heavy atom. The normalized spacial score (nSPS) is 18.7. The molecule has 31 heteroatoms. The second-order valence-electron chi connectivity index (χ2n) is 16.9. The second-order valence-corrected chi connectivity index (χ2v) is 16.9. The maximum atomic E-state index is 14.8. The third-order valence-corrected chi connectivity index (χ3v) is 12.3. The zero-order valence-corrected chi connectivity index (χ0v) is 38.5. The summed E-state index contributed by atoms with van der Waals surface area (Å²) in [5, 5.41) is 191. The van der Waals surface area contributed by atoms with Crippen LogP contribution >= 0.6 is 0 Å². The van der Waals surface area contributed by atoms with Gasteiger partial charge in [-0.25, -0.2) is 28.8 Å². The predicted octanol–water partition coefficient (Wildman–Crippen LogP) is 2.55.